The van der Waals surface area contributed by atoms with Gasteiger partial charge in [0, 0.05) is 12.8 Å². The lowest BCUT2D eigenvalue weighted by atomic mass is 10.0. The fraction of sp³-hybridized carbons (Fsp3) is 0.821. The molecular weight excluding hydrogens is 767 g/mol. The van der Waals surface area contributed by atoms with Gasteiger partial charge in [-0.15, -0.1) is 0 Å². The van der Waals surface area contributed by atoms with E-state index < -0.39 is 12.1 Å². The molecule has 0 rings (SSSR count). The number of hydrogen-bond acceptors (Lipinski definition) is 5. The second kappa shape index (κ2) is 51.5. The fourth-order valence-corrected chi connectivity index (χ4v) is 7.89. The van der Waals surface area contributed by atoms with Crippen LogP contribution in [0.4, 0.5) is 0 Å². The van der Waals surface area contributed by atoms with Crippen molar-refractivity contribution in [1.29, 1.82) is 0 Å². The molecule has 62 heavy (non-hydrogen) atoms. The van der Waals surface area contributed by atoms with E-state index in [0.717, 1.165) is 77.0 Å². The highest BCUT2D eigenvalue weighted by Crippen LogP contribution is 2.15. The predicted molar refractivity (Wildman–Crippen MR) is 269 cm³/mol. The number of unbranched alkanes of at least 4 members (excludes halogenated alkanes) is 32. The van der Waals surface area contributed by atoms with Crippen LogP contribution in [0.5, 0.6) is 0 Å². The number of ether oxygens (including phenoxy) is 1. The summed E-state index contributed by atoms with van der Waals surface area (Å²) in [4.78, 5) is 24.5. The van der Waals surface area contributed by atoms with Gasteiger partial charge in [-0.25, -0.2) is 0 Å². The smallest absolute Gasteiger partial charge is 0.305 e. The Kier molecular flexibility index (Phi) is 49.6. The molecule has 0 saturated carbocycles. The lowest BCUT2D eigenvalue weighted by Gasteiger charge is -2.19. The van der Waals surface area contributed by atoms with Gasteiger partial charge in [-0.1, -0.05) is 217 Å². The van der Waals surface area contributed by atoms with Crippen LogP contribution in [0.1, 0.15) is 271 Å². The standard InChI is InChI=1S/C56H103NO5/c1-3-5-7-9-11-13-15-17-19-20-21-22-26-30-34-38-42-46-50-56(61)62-51-47-43-39-35-31-27-23-25-29-33-37-41-45-49-55(60)57-53(52-58)54(59)48-44-40-36-32-28-24-18-16-14-12-10-8-6-4-2/h13,15,19-20,25,29,44,48,53-54,58-59H,3-12,14,16-18,21-24,26-28,30-43,45-47,49-52H2,1-2H3,(H,57,60)/b15-13-,20-19-,29-25-,48-44+. The van der Waals surface area contributed by atoms with Crippen LogP contribution >= 0.6 is 0 Å². The molecule has 0 spiro atoms. The van der Waals surface area contributed by atoms with Gasteiger partial charge in [0.15, 0.2) is 0 Å². The molecule has 6 heteroatoms. The van der Waals surface area contributed by atoms with Crippen LogP contribution in [0.25, 0.3) is 0 Å². The zero-order chi connectivity index (χ0) is 45.1. The van der Waals surface area contributed by atoms with Crippen molar-refractivity contribution >= 4 is 11.9 Å². The second-order valence-electron chi connectivity index (χ2n) is 18.2. The number of carbonyl (C=O) groups excluding carboxylic acids is 2. The van der Waals surface area contributed by atoms with Gasteiger partial charge < -0.3 is 20.3 Å². The quantitative estimate of drug-likeness (QED) is 0.0322. The molecule has 0 fully saturated rings. The third-order valence-corrected chi connectivity index (χ3v) is 12.1. The largest absolute Gasteiger partial charge is 0.466 e. The van der Waals surface area contributed by atoms with Crippen LogP contribution in [0.15, 0.2) is 48.6 Å². The molecule has 0 aromatic rings. The zero-order valence-corrected chi connectivity index (χ0v) is 41.1. The van der Waals surface area contributed by atoms with Gasteiger partial charge >= 0.3 is 5.97 Å². The lowest BCUT2D eigenvalue weighted by molar-refractivity contribution is -0.143. The number of rotatable bonds is 49. The first-order chi connectivity index (χ1) is 30.5. The Morgan fingerprint density at radius 1 is 0.452 bits per heavy atom. The maximum absolute atomic E-state index is 12.4. The summed E-state index contributed by atoms with van der Waals surface area (Å²) in [6.45, 7) is 4.83. The van der Waals surface area contributed by atoms with Crippen LogP contribution in [0.2, 0.25) is 0 Å². The summed E-state index contributed by atoms with van der Waals surface area (Å²) in [7, 11) is 0. The van der Waals surface area contributed by atoms with E-state index >= 15 is 0 Å². The molecule has 0 bridgehead atoms. The van der Waals surface area contributed by atoms with Gasteiger partial charge in [-0.3, -0.25) is 9.59 Å². The average Bonchev–Trinajstić information content (AvgIpc) is 3.27. The van der Waals surface area contributed by atoms with Gasteiger partial charge in [-0.2, -0.15) is 0 Å². The topological polar surface area (TPSA) is 95.9 Å². The van der Waals surface area contributed by atoms with E-state index in [1.165, 1.54) is 167 Å². The van der Waals surface area contributed by atoms with Crippen molar-refractivity contribution in [3.63, 3.8) is 0 Å². The van der Waals surface area contributed by atoms with Crippen molar-refractivity contribution in [3.8, 4) is 0 Å². The summed E-state index contributed by atoms with van der Waals surface area (Å²) >= 11 is 0. The molecule has 2 atom stereocenters. The first-order valence-electron chi connectivity index (χ1n) is 26.9. The number of esters is 1. The maximum atomic E-state index is 12.4. The molecule has 0 saturated heterocycles. The maximum Gasteiger partial charge on any atom is 0.305 e. The highest BCUT2D eigenvalue weighted by molar-refractivity contribution is 5.76. The van der Waals surface area contributed by atoms with E-state index in [1.54, 1.807) is 6.08 Å². The Hall–Kier alpha value is -2.18. The van der Waals surface area contributed by atoms with E-state index in [1.807, 2.05) is 6.08 Å². The number of allylic oxidation sites excluding steroid dienone is 7. The number of nitrogens with one attached hydrogen (secondary N) is 1. The normalized spacial score (nSPS) is 13.0. The summed E-state index contributed by atoms with van der Waals surface area (Å²) in [5.74, 6) is -0.122. The summed E-state index contributed by atoms with van der Waals surface area (Å²) in [6.07, 6.45) is 64.0. The highest BCUT2D eigenvalue weighted by Gasteiger charge is 2.18. The minimum atomic E-state index is -0.862. The van der Waals surface area contributed by atoms with E-state index in [2.05, 4.69) is 55.6 Å². The van der Waals surface area contributed by atoms with Gasteiger partial charge in [0.05, 0.1) is 25.4 Å². The first kappa shape index (κ1) is 59.8. The van der Waals surface area contributed by atoms with Crippen LogP contribution < -0.4 is 5.32 Å². The minimum Gasteiger partial charge on any atom is -0.466 e. The van der Waals surface area contributed by atoms with E-state index in [4.69, 9.17) is 4.74 Å². The van der Waals surface area contributed by atoms with Crippen molar-refractivity contribution < 1.29 is 24.5 Å². The monoisotopic (exact) mass is 870 g/mol. The van der Waals surface area contributed by atoms with Crippen LogP contribution in [0.3, 0.4) is 0 Å². The Balaban J connectivity index is 3.53. The Bertz CT molecular complexity index is 1050. The van der Waals surface area contributed by atoms with Crippen molar-refractivity contribution in [1.82, 2.24) is 5.32 Å². The van der Waals surface area contributed by atoms with Gasteiger partial charge in [0.1, 0.15) is 0 Å². The molecule has 0 aromatic carbocycles. The molecule has 0 aliphatic heterocycles. The molecule has 0 radical (unpaired) electrons. The molecule has 0 aliphatic rings. The van der Waals surface area contributed by atoms with E-state index in [9.17, 15) is 19.8 Å². The molecular formula is C56H103NO5. The number of carbonyl (C=O) groups is 2. The fourth-order valence-electron chi connectivity index (χ4n) is 7.89. The molecule has 0 aromatic heterocycles. The second-order valence-corrected chi connectivity index (χ2v) is 18.2. The van der Waals surface area contributed by atoms with Crippen molar-refractivity contribution in [2.45, 2.75) is 283 Å². The molecule has 6 nitrogen and oxygen atoms in total. The number of hydrogen-bond donors (Lipinski definition) is 3. The van der Waals surface area contributed by atoms with Gasteiger partial charge in [0.2, 0.25) is 5.91 Å². The molecule has 0 heterocycles. The van der Waals surface area contributed by atoms with Crippen LogP contribution in [-0.4, -0.2) is 47.4 Å². The van der Waals surface area contributed by atoms with Crippen LogP contribution in [-0.2, 0) is 14.3 Å². The van der Waals surface area contributed by atoms with Crippen molar-refractivity contribution in [2.75, 3.05) is 13.2 Å². The molecule has 1 amide bonds. The van der Waals surface area contributed by atoms with Crippen molar-refractivity contribution in [3.05, 3.63) is 48.6 Å². The van der Waals surface area contributed by atoms with Crippen LogP contribution in [0, 0.1) is 0 Å². The summed E-state index contributed by atoms with van der Waals surface area (Å²) in [5, 5.41) is 23.0. The minimum absolute atomic E-state index is 0.0221. The predicted octanol–water partition coefficient (Wildman–Crippen LogP) is 16.2. The van der Waals surface area contributed by atoms with E-state index in [0.29, 0.717) is 19.4 Å². The summed E-state index contributed by atoms with van der Waals surface area (Å²) in [5.41, 5.74) is 0. The number of aliphatic hydroxyl groups excluding tert-OH is 2. The molecule has 362 valence electrons. The third kappa shape index (κ3) is 47.3. The van der Waals surface area contributed by atoms with Crippen molar-refractivity contribution in [2.24, 2.45) is 0 Å². The highest BCUT2D eigenvalue weighted by atomic mass is 16.5. The molecule has 2 unspecified atom stereocenters. The average molecular weight is 870 g/mol. The van der Waals surface area contributed by atoms with Gasteiger partial charge in [-0.05, 0) is 89.9 Å². The lowest BCUT2D eigenvalue weighted by Crippen LogP contribution is -2.45. The zero-order valence-electron chi connectivity index (χ0n) is 41.1. The molecule has 0 aliphatic carbocycles. The SMILES string of the molecule is CCCCCC/C=C\C/C=C\CCCCCCCCCC(=O)OCCCCCCCC/C=C\CCCCCC(=O)NC(CO)C(O)/C=C/CCCCCCCCCCCCCC. The Morgan fingerprint density at radius 2 is 0.806 bits per heavy atom. The Labute approximate surface area is 385 Å². The Morgan fingerprint density at radius 3 is 1.27 bits per heavy atom. The summed E-state index contributed by atoms with van der Waals surface area (Å²) < 4.78 is 5.46. The number of aliphatic hydroxyl groups is 2. The third-order valence-electron chi connectivity index (χ3n) is 12.1. The number of amides is 1. The molecule has 3 N–H and O–H groups in total. The first-order valence-corrected chi connectivity index (χ1v) is 26.9. The van der Waals surface area contributed by atoms with Gasteiger partial charge in [0.25, 0.3) is 0 Å². The summed E-state index contributed by atoms with van der Waals surface area (Å²) in [6, 6.07) is -0.649. The van der Waals surface area contributed by atoms with E-state index in [-0.39, 0.29) is 18.5 Å².